The van der Waals surface area contributed by atoms with Crippen molar-refractivity contribution in [2.75, 3.05) is 10.6 Å². The van der Waals surface area contributed by atoms with Crippen LogP contribution in [0.1, 0.15) is 50.1 Å². The molecule has 0 amide bonds. The summed E-state index contributed by atoms with van der Waals surface area (Å²) in [4.78, 5) is 9.29. The van der Waals surface area contributed by atoms with Crippen molar-refractivity contribution in [3.05, 3.63) is 41.8 Å². The van der Waals surface area contributed by atoms with E-state index in [0.717, 1.165) is 17.2 Å². The van der Waals surface area contributed by atoms with E-state index in [9.17, 15) is 4.39 Å². The van der Waals surface area contributed by atoms with E-state index in [-0.39, 0.29) is 5.82 Å². The summed E-state index contributed by atoms with van der Waals surface area (Å²) in [5.41, 5.74) is 1.93. The largest absolute Gasteiger partial charge is 0.351 e. The van der Waals surface area contributed by atoms with Gasteiger partial charge in [-0.2, -0.15) is 4.98 Å². The summed E-state index contributed by atoms with van der Waals surface area (Å²) in [6.45, 7) is 0. The molecule has 1 heterocycles. The van der Waals surface area contributed by atoms with Gasteiger partial charge in [-0.05, 0) is 49.9 Å². The Balaban J connectivity index is 1.56. The Morgan fingerprint density at radius 3 is 2.39 bits per heavy atom. The highest BCUT2D eigenvalue weighted by Crippen LogP contribution is 2.40. The first kappa shape index (κ1) is 14.4. The summed E-state index contributed by atoms with van der Waals surface area (Å²) in [6, 6.07) is 8.84. The molecule has 2 aliphatic rings. The summed E-state index contributed by atoms with van der Waals surface area (Å²) >= 11 is 0. The molecule has 0 bridgehead atoms. The number of halogens is 1. The molecule has 2 aromatic rings. The molecule has 4 nitrogen and oxygen atoms in total. The standard InChI is InChI=1S/C18H21FN4/c19-13-7-9-15(10-8-13)20-17-11-16(12-5-6-12)22-18(23-17)21-14-3-1-2-4-14/h7-12,14H,1-6H2,(H2,20,21,22,23). The molecule has 0 radical (unpaired) electrons. The molecule has 1 aromatic heterocycles. The number of nitrogens with zero attached hydrogens (tertiary/aromatic N) is 2. The summed E-state index contributed by atoms with van der Waals surface area (Å²) in [5.74, 6) is 1.82. The predicted molar refractivity (Wildman–Crippen MR) is 89.6 cm³/mol. The van der Waals surface area contributed by atoms with E-state index < -0.39 is 0 Å². The van der Waals surface area contributed by atoms with E-state index >= 15 is 0 Å². The van der Waals surface area contributed by atoms with Crippen molar-refractivity contribution in [1.29, 1.82) is 0 Å². The second kappa shape index (κ2) is 6.14. The molecule has 2 fully saturated rings. The van der Waals surface area contributed by atoms with Gasteiger partial charge in [-0.15, -0.1) is 0 Å². The second-order valence-electron chi connectivity index (χ2n) is 6.53. The van der Waals surface area contributed by atoms with Gasteiger partial charge in [0.2, 0.25) is 5.95 Å². The fraction of sp³-hybridized carbons (Fsp3) is 0.444. The monoisotopic (exact) mass is 312 g/mol. The fourth-order valence-corrected chi connectivity index (χ4v) is 3.12. The van der Waals surface area contributed by atoms with E-state index in [4.69, 9.17) is 4.98 Å². The molecule has 0 spiro atoms. The highest BCUT2D eigenvalue weighted by Gasteiger charge is 2.26. The number of anilines is 3. The van der Waals surface area contributed by atoms with Crippen LogP contribution in [0.3, 0.4) is 0 Å². The maximum absolute atomic E-state index is 13.0. The molecule has 5 heteroatoms. The van der Waals surface area contributed by atoms with Crippen LogP contribution in [0, 0.1) is 5.82 Å². The summed E-state index contributed by atoms with van der Waals surface area (Å²) < 4.78 is 13.0. The third-order valence-electron chi connectivity index (χ3n) is 4.55. The maximum Gasteiger partial charge on any atom is 0.225 e. The first-order valence-electron chi connectivity index (χ1n) is 8.44. The van der Waals surface area contributed by atoms with Crippen molar-refractivity contribution in [2.24, 2.45) is 0 Å². The highest BCUT2D eigenvalue weighted by atomic mass is 19.1. The van der Waals surface area contributed by atoms with Crippen molar-refractivity contribution in [3.63, 3.8) is 0 Å². The Morgan fingerprint density at radius 1 is 0.957 bits per heavy atom. The SMILES string of the molecule is Fc1ccc(Nc2cc(C3CC3)nc(NC3CCCC3)n2)cc1. The van der Waals surface area contributed by atoms with Crippen molar-refractivity contribution in [3.8, 4) is 0 Å². The van der Waals surface area contributed by atoms with Gasteiger partial charge in [-0.25, -0.2) is 9.37 Å². The van der Waals surface area contributed by atoms with Gasteiger partial charge < -0.3 is 10.6 Å². The van der Waals surface area contributed by atoms with E-state index in [1.807, 2.05) is 6.07 Å². The summed E-state index contributed by atoms with van der Waals surface area (Å²) in [7, 11) is 0. The lowest BCUT2D eigenvalue weighted by atomic mass is 10.2. The zero-order chi connectivity index (χ0) is 15.6. The molecule has 0 atom stereocenters. The van der Waals surface area contributed by atoms with E-state index in [1.54, 1.807) is 12.1 Å². The van der Waals surface area contributed by atoms with Gasteiger partial charge in [0.05, 0.1) is 5.69 Å². The van der Waals surface area contributed by atoms with Gasteiger partial charge in [0, 0.05) is 23.7 Å². The topological polar surface area (TPSA) is 49.8 Å². The van der Waals surface area contributed by atoms with Crippen LogP contribution in [-0.4, -0.2) is 16.0 Å². The molecule has 120 valence electrons. The van der Waals surface area contributed by atoms with E-state index in [2.05, 4.69) is 15.6 Å². The third-order valence-corrected chi connectivity index (χ3v) is 4.55. The number of hydrogen-bond acceptors (Lipinski definition) is 4. The van der Waals surface area contributed by atoms with Crippen molar-refractivity contribution >= 4 is 17.5 Å². The number of aromatic nitrogens is 2. The molecular weight excluding hydrogens is 291 g/mol. The van der Waals surface area contributed by atoms with Crippen LogP contribution in [0.15, 0.2) is 30.3 Å². The van der Waals surface area contributed by atoms with Crippen molar-refractivity contribution in [1.82, 2.24) is 9.97 Å². The maximum atomic E-state index is 13.0. The van der Waals surface area contributed by atoms with Crippen LogP contribution in [0.2, 0.25) is 0 Å². The van der Waals surface area contributed by atoms with E-state index in [0.29, 0.717) is 17.9 Å². The Morgan fingerprint density at radius 2 is 1.70 bits per heavy atom. The lowest BCUT2D eigenvalue weighted by molar-refractivity contribution is 0.628. The minimum atomic E-state index is -0.236. The summed E-state index contributed by atoms with van der Waals surface area (Å²) in [6.07, 6.45) is 7.35. The van der Waals surface area contributed by atoms with Gasteiger partial charge in [0.1, 0.15) is 11.6 Å². The minimum Gasteiger partial charge on any atom is -0.351 e. The summed E-state index contributed by atoms with van der Waals surface area (Å²) in [5, 5.41) is 6.74. The van der Waals surface area contributed by atoms with Crippen molar-refractivity contribution < 1.29 is 4.39 Å². The van der Waals surface area contributed by atoms with Gasteiger partial charge in [-0.3, -0.25) is 0 Å². The van der Waals surface area contributed by atoms with Crippen LogP contribution in [0.5, 0.6) is 0 Å². The van der Waals surface area contributed by atoms with Gasteiger partial charge >= 0.3 is 0 Å². The van der Waals surface area contributed by atoms with Crippen LogP contribution in [0.25, 0.3) is 0 Å². The molecule has 0 aliphatic heterocycles. The average molecular weight is 312 g/mol. The molecule has 1 aromatic carbocycles. The highest BCUT2D eigenvalue weighted by molar-refractivity contribution is 5.58. The molecular formula is C18H21FN4. The third kappa shape index (κ3) is 3.60. The predicted octanol–water partition coefficient (Wildman–Crippen LogP) is 4.59. The smallest absolute Gasteiger partial charge is 0.225 e. The average Bonchev–Trinajstić information content (AvgIpc) is 3.28. The quantitative estimate of drug-likeness (QED) is 0.847. The van der Waals surface area contributed by atoms with Gasteiger partial charge in [0.25, 0.3) is 0 Å². The lowest BCUT2D eigenvalue weighted by Crippen LogP contribution is -2.17. The molecule has 2 saturated carbocycles. The normalized spacial score (nSPS) is 18.1. The first-order valence-corrected chi connectivity index (χ1v) is 8.44. The Bertz CT molecular complexity index is 676. The molecule has 4 rings (SSSR count). The first-order chi connectivity index (χ1) is 11.3. The lowest BCUT2D eigenvalue weighted by Gasteiger charge is -2.14. The van der Waals surface area contributed by atoms with Gasteiger partial charge in [-0.1, -0.05) is 12.8 Å². The fourth-order valence-electron chi connectivity index (χ4n) is 3.12. The Hall–Kier alpha value is -2.17. The Labute approximate surface area is 135 Å². The molecule has 0 saturated heterocycles. The number of nitrogens with one attached hydrogen (secondary N) is 2. The van der Waals surface area contributed by atoms with Gasteiger partial charge in [0.15, 0.2) is 0 Å². The molecule has 23 heavy (non-hydrogen) atoms. The number of hydrogen-bond donors (Lipinski definition) is 2. The Kier molecular flexibility index (Phi) is 3.85. The minimum absolute atomic E-state index is 0.236. The molecule has 2 N–H and O–H groups in total. The molecule has 2 aliphatic carbocycles. The number of rotatable bonds is 5. The second-order valence-corrected chi connectivity index (χ2v) is 6.53. The molecule has 0 unspecified atom stereocenters. The van der Waals surface area contributed by atoms with Crippen molar-refractivity contribution in [2.45, 2.75) is 50.5 Å². The van der Waals surface area contributed by atoms with Crippen LogP contribution < -0.4 is 10.6 Å². The van der Waals surface area contributed by atoms with Crippen LogP contribution >= 0.6 is 0 Å². The van der Waals surface area contributed by atoms with Crippen LogP contribution in [0.4, 0.5) is 21.8 Å². The zero-order valence-electron chi connectivity index (χ0n) is 13.1. The number of benzene rings is 1. The zero-order valence-corrected chi connectivity index (χ0v) is 13.1. The van der Waals surface area contributed by atoms with Crippen LogP contribution in [-0.2, 0) is 0 Å². The van der Waals surface area contributed by atoms with E-state index in [1.165, 1.54) is 50.7 Å².